The Morgan fingerprint density at radius 1 is 1.18 bits per heavy atom. The summed E-state index contributed by atoms with van der Waals surface area (Å²) in [5, 5.41) is 18.1. The molecule has 0 amide bonds. The molecule has 3 aromatic rings. The maximum Gasteiger partial charge on any atom is 0.326 e. The second-order valence-corrected chi connectivity index (χ2v) is 9.08. The van der Waals surface area contributed by atoms with Gasteiger partial charge in [0.1, 0.15) is 11.8 Å². The van der Waals surface area contributed by atoms with Crippen molar-refractivity contribution in [2.75, 3.05) is 13.7 Å². The van der Waals surface area contributed by atoms with Crippen molar-refractivity contribution in [3.8, 4) is 22.6 Å². The molecule has 0 aliphatic carbocycles. The number of halogens is 2. The topological polar surface area (TPSA) is 108 Å². The lowest BCUT2D eigenvalue weighted by Crippen LogP contribution is -2.31. The van der Waals surface area contributed by atoms with E-state index in [1.807, 2.05) is 20.8 Å². The number of hydrogen-bond acceptors (Lipinski definition) is 6. The molecule has 0 aliphatic heterocycles. The van der Waals surface area contributed by atoms with Crippen LogP contribution in [0.25, 0.3) is 16.8 Å². The minimum atomic E-state index is -1.15. The van der Waals surface area contributed by atoms with Gasteiger partial charge in [0.2, 0.25) is 0 Å². The fourth-order valence-electron chi connectivity index (χ4n) is 3.29. The molecule has 33 heavy (non-hydrogen) atoms. The number of methoxy groups -OCH3 is 1. The summed E-state index contributed by atoms with van der Waals surface area (Å²) in [5.41, 5.74) is 0.563. The van der Waals surface area contributed by atoms with Crippen LogP contribution in [0, 0.1) is 0 Å². The quantitative estimate of drug-likeness (QED) is 0.498. The molecule has 176 valence electrons. The molecule has 1 N–H and O–H groups in total. The van der Waals surface area contributed by atoms with Crippen molar-refractivity contribution in [2.45, 2.75) is 38.8 Å². The van der Waals surface area contributed by atoms with Crippen LogP contribution in [0.2, 0.25) is 10.2 Å². The van der Waals surface area contributed by atoms with Crippen LogP contribution in [0.4, 0.5) is 0 Å². The minimum absolute atomic E-state index is 0.106. The second kappa shape index (κ2) is 9.94. The van der Waals surface area contributed by atoms with E-state index >= 15 is 0 Å². The van der Waals surface area contributed by atoms with Gasteiger partial charge in [-0.2, -0.15) is 0 Å². The van der Waals surface area contributed by atoms with E-state index in [0.29, 0.717) is 21.8 Å². The number of aliphatic carboxylic acids is 1. The molecule has 2 aromatic heterocycles. The zero-order chi connectivity index (χ0) is 24.3. The summed E-state index contributed by atoms with van der Waals surface area (Å²) in [7, 11) is 1.43. The van der Waals surface area contributed by atoms with E-state index in [9.17, 15) is 14.7 Å². The van der Waals surface area contributed by atoms with Crippen molar-refractivity contribution in [1.82, 2.24) is 19.6 Å². The molecule has 1 unspecified atom stereocenters. The number of carbonyl (C=O) groups is 1. The SMILES string of the molecule is COc1cn(C(CCOC(C)(C)C)C(=O)O)c(=O)cc1-c1cc(Cl)ccc1-n1cc(Cl)nn1. The van der Waals surface area contributed by atoms with Crippen molar-refractivity contribution in [2.24, 2.45) is 0 Å². The highest BCUT2D eigenvalue weighted by molar-refractivity contribution is 6.31. The molecule has 0 spiro atoms. The van der Waals surface area contributed by atoms with Gasteiger partial charge in [-0.25, -0.2) is 9.48 Å². The van der Waals surface area contributed by atoms with Crippen LogP contribution in [0.15, 0.2) is 41.5 Å². The molecule has 2 heterocycles. The third kappa shape index (κ3) is 5.93. The Kier molecular flexibility index (Phi) is 7.46. The molecule has 1 atom stereocenters. The summed E-state index contributed by atoms with van der Waals surface area (Å²) in [4.78, 5) is 25.0. The third-order valence-electron chi connectivity index (χ3n) is 4.77. The highest BCUT2D eigenvalue weighted by atomic mass is 35.5. The molecule has 0 saturated carbocycles. The van der Waals surface area contributed by atoms with Gasteiger partial charge in [0.05, 0.1) is 30.8 Å². The molecule has 3 rings (SSSR count). The number of carboxylic acids is 1. The van der Waals surface area contributed by atoms with E-state index in [1.54, 1.807) is 18.2 Å². The molecule has 0 bridgehead atoms. The van der Waals surface area contributed by atoms with Crippen LogP contribution < -0.4 is 10.3 Å². The highest BCUT2D eigenvalue weighted by Crippen LogP contribution is 2.35. The van der Waals surface area contributed by atoms with Crippen LogP contribution in [0.5, 0.6) is 5.75 Å². The number of rotatable bonds is 8. The second-order valence-electron chi connectivity index (χ2n) is 8.25. The van der Waals surface area contributed by atoms with E-state index in [-0.39, 0.29) is 23.9 Å². The predicted molar refractivity (Wildman–Crippen MR) is 125 cm³/mol. The van der Waals surface area contributed by atoms with E-state index < -0.39 is 23.2 Å². The van der Waals surface area contributed by atoms with Crippen molar-refractivity contribution in [3.63, 3.8) is 0 Å². The number of aromatic nitrogens is 4. The number of nitrogens with zero attached hydrogens (tertiary/aromatic N) is 4. The fraction of sp³-hybridized carbons (Fsp3) is 0.364. The number of hydrogen-bond donors (Lipinski definition) is 1. The Bertz CT molecular complexity index is 1220. The zero-order valence-corrected chi connectivity index (χ0v) is 20.1. The lowest BCUT2D eigenvalue weighted by Gasteiger charge is -2.22. The van der Waals surface area contributed by atoms with Crippen molar-refractivity contribution < 1.29 is 19.4 Å². The van der Waals surface area contributed by atoms with Crippen molar-refractivity contribution in [1.29, 1.82) is 0 Å². The predicted octanol–water partition coefficient (Wildman–Crippen LogP) is 4.24. The number of benzene rings is 1. The van der Waals surface area contributed by atoms with Crippen LogP contribution in [0.3, 0.4) is 0 Å². The first-order chi connectivity index (χ1) is 15.5. The van der Waals surface area contributed by atoms with Gasteiger partial charge in [-0.1, -0.05) is 28.4 Å². The normalized spacial score (nSPS) is 12.5. The van der Waals surface area contributed by atoms with E-state index in [4.69, 9.17) is 32.7 Å². The molecule has 0 saturated heterocycles. The van der Waals surface area contributed by atoms with Crippen molar-refractivity contribution >= 4 is 29.2 Å². The lowest BCUT2D eigenvalue weighted by atomic mass is 10.0. The molecule has 0 fully saturated rings. The van der Waals surface area contributed by atoms with Gasteiger partial charge in [-0.15, -0.1) is 5.10 Å². The van der Waals surface area contributed by atoms with Gasteiger partial charge in [0.25, 0.3) is 5.56 Å². The number of carboxylic acid groups (broad SMARTS) is 1. The van der Waals surface area contributed by atoms with Gasteiger partial charge < -0.3 is 14.6 Å². The first-order valence-electron chi connectivity index (χ1n) is 10.1. The first kappa shape index (κ1) is 24.8. The molecular formula is C22H24Cl2N4O5. The largest absolute Gasteiger partial charge is 0.495 e. The van der Waals surface area contributed by atoms with Gasteiger partial charge in [0, 0.05) is 35.2 Å². The summed E-state index contributed by atoms with van der Waals surface area (Å²) < 4.78 is 13.8. The third-order valence-corrected chi connectivity index (χ3v) is 5.18. The van der Waals surface area contributed by atoms with Crippen LogP contribution >= 0.6 is 23.2 Å². The molecule has 0 radical (unpaired) electrons. The van der Waals surface area contributed by atoms with Crippen LogP contribution in [-0.2, 0) is 9.53 Å². The zero-order valence-electron chi connectivity index (χ0n) is 18.6. The van der Waals surface area contributed by atoms with Gasteiger partial charge >= 0.3 is 5.97 Å². The van der Waals surface area contributed by atoms with Crippen LogP contribution in [0.1, 0.15) is 33.2 Å². The maximum atomic E-state index is 13.0. The molecule has 11 heteroatoms. The molecular weight excluding hydrogens is 471 g/mol. The van der Waals surface area contributed by atoms with E-state index in [1.165, 1.54) is 30.3 Å². The average molecular weight is 495 g/mol. The van der Waals surface area contributed by atoms with Gasteiger partial charge in [-0.3, -0.25) is 9.36 Å². The molecule has 9 nitrogen and oxygen atoms in total. The smallest absolute Gasteiger partial charge is 0.326 e. The standard InChI is InChI=1S/C22H24Cl2N4O5/c1-22(2,3)33-8-7-17(21(30)31)27-11-18(32-4)15(10-20(27)29)14-9-13(23)5-6-16(14)28-12-19(24)25-26-28/h5-6,9-12,17H,7-8H2,1-4H3,(H,30,31). The van der Waals surface area contributed by atoms with Crippen molar-refractivity contribution in [3.05, 3.63) is 57.2 Å². The Labute approximate surface area is 200 Å². The summed E-state index contributed by atoms with van der Waals surface area (Å²) in [5.74, 6) is -0.863. The summed E-state index contributed by atoms with van der Waals surface area (Å²) >= 11 is 12.1. The average Bonchev–Trinajstić information content (AvgIpc) is 3.16. The summed E-state index contributed by atoms with van der Waals surface area (Å²) in [6, 6.07) is 5.21. The van der Waals surface area contributed by atoms with E-state index in [0.717, 1.165) is 4.57 Å². The summed E-state index contributed by atoms with van der Waals surface area (Å²) in [6.07, 6.45) is 3.00. The maximum absolute atomic E-state index is 13.0. The lowest BCUT2D eigenvalue weighted by molar-refractivity contribution is -0.142. The molecule has 0 aliphatic rings. The Morgan fingerprint density at radius 2 is 1.91 bits per heavy atom. The monoisotopic (exact) mass is 494 g/mol. The highest BCUT2D eigenvalue weighted by Gasteiger charge is 2.24. The van der Waals surface area contributed by atoms with Crippen LogP contribution in [-0.4, -0.2) is 50.0 Å². The van der Waals surface area contributed by atoms with Gasteiger partial charge in [-0.05, 0) is 39.0 Å². The Hall–Kier alpha value is -2.88. The first-order valence-corrected chi connectivity index (χ1v) is 10.8. The van der Waals surface area contributed by atoms with E-state index in [2.05, 4.69) is 10.3 Å². The van der Waals surface area contributed by atoms with Gasteiger partial charge in [0.15, 0.2) is 5.15 Å². The molecule has 1 aromatic carbocycles. The Morgan fingerprint density at radius 3 is 2.48 bits per heavy atom. The minimum Gasteiger partial charge on any atom is -0.495 e. The number of pyridine rings is 1. The summed E-state index contributed by atoms with van der Waals surface area (Å²) in [6.45, 7) is 5.79. The number of ether oxygens (including phenoxy) is 2. The fourth-order valence-corrected chi connectivity index (χ4v) is 3.59. The Balaban J connectivity index is 2.08.